The molecule has 0 unspecified atom stereocenters. The molecule has 0 bridgehead atoms. The minimum absolute atomic E-state index is 0.0206. The second-order valence-corrected chi connectivity index (χ2v) is 4.06. The fraction of sp³-hybridized carbons (Fsp3) is 0.615. The number of nitrogens with one attached hydrogen (secondary N) is 1. The Morgan fingerprint density at radius 1 is 1.25 bits per heavy atom. The van der Waals surface area contributed by atoms with Crippen LogP contribution in [0.15, 0.2) is 12.3 Å². The lowest BCUT2D eigenvalue weighted by molar-refractivity contribution is 0.141. The molecular formula is C13H23N5O2. The molecule has 0 saturated heterocycles. The van der Waals surface area contributed by atoms with Crippen LogP contribution in [0, 0.1) is 5.41 Å². The maximum atomic E-state index is 7.62. The van der Waals surface area contributed by atoms with Crippen molar-refractivity contribution in [2.24, 2.45) is 5.73 Å². The average molecular weight is 281 g/mol. The maximum absolute atomic E-state index is 7.62. The molecule has 7 heteroatoms. The van der Waals surface area contributed by atoms with E-state index in [0.29, 0.717) is 50.9 Å². The molecule has 0 aromatic carbocycles. The number of ether oxygens (including phenoxy) is 2. The predicted molar refractivity (Wildman–Crippen MR) is 78.2 cm³/mol. The SMILES string of the molecule is CCOCCN(CCOCC)c1nnccc1C(=N)N. The molecule has 112 valence electrons. The fourth-order valence-corrected chi connectivity index (χ4v) is 1.73. The molecule has 0 aliphatic heterocycles. The lowest BCUT2D eigenvalue weighted by atomic mass is 10.2. The Bertz CT molecular complexity index is 404. The Balaban J connectivity index is 2.81. The number of aromatic nitrogens is 2. The van der Waals surface area contributed by atoms with Gasteiger partial charge in [0.15, 0.2) is 5.82 Å². The van der Waals surface area contributed by atoms with E-state index in [1.807, 2.05) is 18.7 Å². The molecule has 0 radical (unpaired) electrons. The van der Waals surface area contributed by atoms with Crippen LogP contribution < -0.4 is 10.6 Å². The summed E-state index contributed by atoms with van der Waals surface area (Å²) >= 11 is 0. The smallest absolute Gasteiger partial charge is 0.162 e. The zero-order chi connectivity index (χ0) is 14.8. The van der Waals surface area contributed by atoms with Crippen LogP contribution in [-0.2, 0) is 9.47 Å². The zero-order valence-electron chi connectivity index (χ0n) is 12.1. The van der Waals surface area contributed by atoms with Crippen molar-refractivity contribution in [2.75, 3.05) is 44.4 Å². The third-order valence-corrected chi connectivity index (χ3v) is 2.71. The van der Waals surface area contributed by atoms with Crippen molar-refractivity contribution in [3.05, 3.63) is 17.8 Å². The highest BCUT2D eigenvalue weighted by Gasteiger charge is 2.15. The quantitative estimate of drug-likeness (QED) is 0.371. The van der Waals surface area contributed by atoms with Crippen molar-refractivity contribution in [1.82, 2.24) is 10.2 Å². The van der Waals surface area contributed by atoms with Gasteiger partial charge in [-0.1, -0.05) is 0 Å². The monoisotopic (exact) mass is 281 g/mol. The van der Waals surface area contributed by atoms with Gasteiger partial charge < -0.3 is 20.1 Å². The van der Waals surface area contributed by atoms with Crippen molar-refractivity contribution in [3.63, 3.8) is 0 Å². The minimum Gasteiger partial charge on any atom is -0.384 e. The summed E-state index contributed by atoms with van der Waals surface area (Å²) < 4.78 is 10.8. The summed E-state index contributed by atoms with van der Waals surface area (Å²) in [5, 5.41) is 15.6. The summed E-state index contributed by atoms with van der Waals surface area (Å²) in [5.74, 6) is 0.576. The number of nitrogens with two attached hydrogens (primary N) is 1. The average Bonchev–Trinajstić information content (AvgIpc) is 2.46. The van der Waals surface area contributed by atoms with Crippen LogP contribution >= 0.6 is 0 Å². The van der Waals surface area contributed by atoms with Crippen LogP contribution in [0.25, 0.3) is 0 Å². The van der Waals surface area contributed by atoms with E-state index in [1.165, 1.54) is 6.20 Å². The third kappa shape index (κ3) is 5.10. The molecule has 0 aliphatic rings. The van der Waals surface area contributed by atoms with Gasteiger partial charge in [-0.25, -0.2) is 0 Å². The Morgan fingerprint density at radius 3 is 2.35 bits per heavy atom. The molecule has 1 rings (SSSR count). The van der Waals surface area contributed by atoms with Crippen molar-refractivity contribution in [2.45, 2.75) is 13.8 Å². The fourth-order valence-electron chi connectivity index (χ4n) is 1.73. The predicted octanol–water partition coefficient (Wildman–Crippen LogP) is 0.640. The van der Waals surface area contributed by atoms with Crippen LogP contribution in [-0.4, -0.2) is 55.6 Å². The molecule has 20 heavy (non-hydrogen) atoms. The topological polar surface area (TPSA) is 97.4 Å². The summed E-state index contributed by atoms with van der Waals surface area (Å²) in [7, 11) is 0. The number of nitrogens with zero attached hydrogens (tertiary/aromatic N) is 3. The number of hydrogen-bond donors (Lipinski definition) is 2. The summed E-state index contributed by atoms with van der Waals surface area (Å²) in [5.41, 5.74) is 6.17. The highest BCUT2D eigenvalue weighted by molar-refractivity contribution is 5.99. The molecule has 0 aliphatic carbocycles. The highest BCUT2D eigenvalue weighted by Crippen LogP contribution is 2.15. The van der Waals surface area contributed by atoms with E-state index in [-0.39, 0.29) is 5.84 Å². The molecule has 0 fully saturated rings. The second-order valence-electron chi connectivity index (χ2n) is 4.06. The van der Waals surface area contributed by atoms with Crippen LogP contribution in [0.1, 0.15) is 19.4 Å². The maximum Gasteiger partial charge on any atom is 0.162 e. The van der Waals surface area contributed by atoms with Gasteiger partial charge in [0.1, 0.15) is 5.84 Å². The highest BCUT2D eigenvalue weighted by atomic mass is 16.5. The van der Waals surface area contributed by atoms with E-state index in [2.05, 4.69) is 10.2 Å². The van der Waals surface area contributed by atoms with Gasteiger partial charge in [0.05, 0.1) is 25.0 Å². The van der Waals surface area contributed by atoms with Crippen LogP contribution in [0.3, 0.4) is 0 Å². The van der Waals surface area contributed by atoms with Gasteiger partial charge in [-0.2, -0.15) is 5.10 Å². The largest absolute Gasteiger partial charge is 0.384 e. The molecule has 1 heterocycles. The number of hydrogen-bond acceptors (Lipinski definition) is 6. The van der Waals surface area contributed by atoms with E-state index < -0.39 is 0 Å². The van der Waals surface area contributed by atoms with Gasteiger partial charge in [-0.05, 0) is 19.9 Å². The summed E-state index contributed by atoms with van der Waals surface area (Å²) in [6, 6.07) is 1.69. The molecule has 1 aromatic heterocycles. The third-order valence-electron chi connectivity index (χ3n) is 2.71. The zero-order valence-corrected chi connectivity index (χ0v) is 12.1. The lowest BCUT2D eigenvalue weighted by Gasteiger charge is -2.24. The number of rotatable bonds is 10. The molecule has 3 N–H and O–H groups in total. The van der Waals surface area contributed by atoms with Crippen molar-refractivity contribution >= 4 is 11.7 Å². The summed E-state index contributed by atoms with van der Waals surface area (Å²) in [4.78, 5) is 1.98. The second kappa shape index (κ2) is 9.22. The van der Waals surface area contributed by atoms with Gasteiger partial charge in [-0.3, -0.25) is 5.41 Å². The molecule has 0 atom stereocenters. The Labute approximate surface area is 119 Å². The van der Waals surface area contributed by atoms with Crippen molar-refractivity contribution in [3.8, 4) is 0 Å². The van der Waals surface area contributed by atoms with E-state index >= 15 is 0 Å². The van der Waals surface area contributed by atoms with Gasteiger partial charge in [0, 0.05) is 26.3 Å². The molecule has 0 amide bonds. The first-order chi connectivity index (χ1) is 9.70. The normalized spacial score (nSPS) is 10.5. The van der Waals surface area contributed by atoms with E-state index in [4.69, 9.17) is 20.6 Å². The standard InChI is InChI=1S/C13H23N5O2/c1-3-19-9-7-18(8-10-20-4-2)13-11(12(14)15)5-6-16-17-13/h5-6H,3-4,7-10H2,1-2H3,(H3,14,15). The number of nitrogen functional groups attached to an aromatic ring is 1. The first kappa shape index (κ1) is 16.3. The molecule has 1 aromatic rings. The molecule has 7 nitrogen and oxygen atoms in total. The van der Waals surface area contributed by atoms with Crippen molar-refractivity contribution in [1.29, 1.82) is 5.41 Å². The van der Waals surface area contributed by atoms with Crippen LogP contribution in [0.4, 0.5) is 5.82 Å². The summed E-state index contributed by atoms with van der Waals surface area (Å²) in [6.07, 6.45) is 1.53. The summed E-state index contributed by atoms with van der Waals surface area (Å²) in [6.45, 7) is 7.70. The Hall–Kier alpha value is -1.73. The Kier molecular flexibility index (Phi) is 7.52. The van der Waals surface area contributed by atoms with Gasteiger partial charge in [-0.15, -0.1) is 5.10 Å². The van der Waals surface area contributed by atoms with Gasteiger partial charge in [0.2, 0.25) is 0 Å². The first-order valence-corrected chi connectivity index (χ1v) is 6.77. The minimum atomic E-state index is -0.0206. The number of amidine groups is 1. The number of anilines is 1. The van der Waals surface area contributed by atoms with Crippen LogP contribution in [0.2, 0.25) is 0 Å². The molecule has 0 spiro atoms. The van der Waals surface area contributed by atoms with Gasteiger partial charge in [0.25, 0.3) is 0 Å². The first-order valence-electron chi connectivity index (χ1n) is 6.77. The van der Waals surface area contributed by atoms with Crippen molar-refractivity contribution < 1.29 is 9.47 Å². The molecule has 0 saturated carbocycles. The van der Waals surface area contributed by atoms with E-state index in [1.54, 1.807) is 6.07 Å². The lowest BCUT2D eigenvalue weighted by Crippen LogP contribution is -2.34. The van der Waals surface area contributed by atoms with Gasteiger partial charge >= 0.3 is 0 Å². The van der Waals surface area contributed by atoms with Crippen LogP contribution in [0.5, 0.6) is 0 Å². The van der Waals surface area contributed by atoms with E-state index in [9.17, 15) is 0 Å². The Morgan fingerprint density at radius 2 is 1.85 bits per heavy atom. The van der Waals surface area contributed by atoms with E-state index in [0.717, 1.165) is 0 Å². The molecular weight excluding hydrogens is 258 g/mol.